The van der Waals surface area contributed by atoms with Crippen molar-refractivity contribution >= 4 is 43.9 Å². The molecule has 0 aliphatic carbocycles. The molecular weight excluding hydrogens is 572 g/mol. The molecule has 4 heterocycles. The number of aliphatic hydroxyl groups excluding tert-OH is 1. The summed E-state index contributed by atoms with van der Waals surface area (Å²) in [7, 11) is 1.52. The number of fused-ring (bicyclic) bond motifs is 4. The van der Waals surface area contributed by atoms with Crippen molar-refractivity contribution in [2.24, 2.45) is 0 Å². The van der Waals surface area contributed by atoms with Crippen LogP contribution >= 0.6 is 0 Å². The molecule has 0 fully saturated rings. The van der Waals surface area contributed by atoms with Crippen molar-refractivity contribution in [2.45, 2.75) is 38.6 Å². The van der Waals surface area contributed by atoms with Crippen LogP contribution in [0.4, 0.5) is 0 Å². The molecule has 1 unspecified atom stereocenters. The Balaban J connectivity index is 1.23. The van der Waals surface area contributed by atoms with Gasteiger partial charge in [0.1, 0.15) is 48.1 Å². The van der Waals surface area contributed by atoms with Crippen molar-refractivity contribution in [2.75, 3.05) is 20.3 Å². The van der Waals surface area contributed by atoms with Gasteiger partial charge in [0.15, 0.2) is 11.2 Å². The van der Waals surface area contributed by atoms with Crippen molar-refractivity contribution in [1.29, 1.82) is 0 Å². The molecule has 0 saturated heterocycles. The molecule has 4 aromatic heterocycles. The minimum Gasteiger partial charge on any atom is -0.495 e. The molecule has 11 nitrogen and oxygen atoms in total. The number of hydrogen-bond acceptors (Lipinski definition) is 11. The monoisotopic (exact) mass is 602 g/mol. The molecule has 1 N–H and O–H groups in total. The SMILES string of the molecule is C=C(C)C(COc1c2occc2c(OC)c2ccc(=O)oc12)OC(C)(C)[C@H](O)COc1c2ccoc2cc2oc(=O)ccc12. The number of rotatable bonds is 11. The summed E-state index contributed by atoms with van der Waals surface area (Å²) < 4.78 is 46.2. The minimum absolute atomic E-state index is 0.0415. The Kier molecular flexibility index (Phi) is 7.44. The highest BCUT2D eigenvalue weighted by Gasteiger charge is 2.34. The van der Waals surface area contributed by atoms with E-state index >= 15 is 0 Å². The van der Waals surface area contributed by atoms with Crippen LogP contribution in [0.2, 0.25) is 0 Å². The van der Waals surface area contributed by atoms with Crippen LogP contribution in [0.5, 0.6) is 17.2 Å². The minimum atomic E-state index is -1.14. The molecule has 0 radical (unpaired) electrons. The van der Waals surface area contributed by atoms with Crippen molar-refractivity contribution in [3.05, 3.63) is 88.0 Å². The van der Waals surface area contributed by atoms with E-state index in [9.17, 15) is 14.7 Å². The van der Waals surface area contributed by atoms with E-state index in [1.165, 1.54) is 31.8 Å². The maximum absolute atomic E-state index is 12.1. The van der Waals surface area contributed by atoms with Crippen molar-refractivity contribution < 1.29 is 41.7 Å². The largest absolute Gasteiger partial charge is 0.495 e. The number of benzene rings is 2. The first-order valence-electron chi connectivity index (χ1n) is 13.8. The quantitative estimate of drug-likeness (QED) is 0.139. The predicted octanol–water partition coefficient (Wildman–Crippen LogP) is 5.96. The highest BCUT2D eigenvalue weighted by Crippen LogP contribution is 2.43. The summed E-state index contributed by atoms with van der Waals surface area (Å²) in [6.45, 7) is 9.07. The van der Waals surface area contributed by atoms with E-state index in [0.29, 0.717) is 55.4 Å². The van der Waals surface area contributed by atoms with Gasteiger partial charge < -0.3 is 41.7 Å². The van der Waals surface area contributed by atoms with Crippen LogP contribution in [0, 0.1) is 0 Å². The summed E-state index contributed by atoms with van der Waals surface area (Å²) in [6, 6.07) is 10.9. The second-order valence-electron chi connectivity index (χ2n) is 10.9. The third-order valence-corrected chi connectivity index (χ3v) is 7.48. The van der Waals surface area contributed by atoms with Gasteiger partial charge in [0.2, 0.25) is 5.75 Å². The first kappa shape index (κ1) is 29.1. The van der Waals surface area contributed by atoms with Crippen LogP contribution in [-0.4, -0.2) is 43.2 Å². The molecule has 0 aliphatic heterocycles. The van der Waals surface area contributed by atoms with Gasteiger partial charge in [0.25, 0.3) is 0 Å². The summed E-state index contributed by atoms with van der Waals surface area (Å²) in [5, 5.41) is 13.6. The molecule has 0 aliphatic rings. The van der Waals surface area contributed by atoms with Gasteiger partial charge >= 0.3 is 11.3 Å². The van der Waals surface area contributed by atoms with Crippen molar-refractivity contribution in [3.63, 3.8) is 0 Å². The lowest BCUT2D eigenvalue weighted by Crippen LogP contribution is -2.46. The Hall–Kier alpha value is -5.00. The fourth-order valence-corrected chi connectivity index (χ4v) is 5.04. The summed E-state index contributed by atoms with van der Waals surface area (Å²) in [5.74, 6) is 1.10. The molecule has 6 aromatic rings. The second-order valence-corrected chi connectivity index (χ2v) is 10.9. The zero-order valence-electron chi connectivity index (χ0n) is 24.5. The Morgan fingerprint density at radius 3 is 2.20 bits per heavy atom. The number of aliphatic hydroxyl groups is 1. The van der Waals surface area contributed by atoms with Crippen LogP contribution in [-0.2, 0) is 4.74 Å². The van der Waals surface area contributed by atoms with Gasteiger partial charge in [-0.25, -0.2) is 9.59 Å². The molecule has 228 valence electrons. The number of methoxy groups -OCH3 is 1. The Labute approximate surface area is 249 Å². The van der Waals surface area contributed by atoms with E-state index in [-0.39, 0.29) is 24.5 Å². The zero-order valence-corrected chi connectivity index (χ0v) is 24.5. The van der Waals surface area contributed by atoms with Gasteiger partial charge in [0, 0.05) is 18.2 Å². The molecule has 0 amide bonds. The lowest BCUT2D eigenvalue weighted by Gasteiger charge is -2.35. The van der Waals surface area contributed by atoms with Crippen molar-refractivity contribution in [3.8, 4) is 17.2 Å². The van der Waals surface area contributed by atoms with E-state index in [0.717, 1.165) is 0 Å². The van der Waals surface area contributed by atoms with Gasteiger partial charge in [-0.1, -0.05) is 6.58 Å². The number of hydrogen-bond donors (Lipinski definition) is 1. The zero-order chi connectivity index (χ0) is 31.2. The Morgan fingerprint density at radius 2 is 1.45 bits per heavy atom. The molecule has 0 bridgehead atoms. The first-order valence-corrected chi connectivity index (χ1v) is 13.8. The van der Waals surface area contributed by atoms with Crippen LogP contribution in [0.3, 0.4) is 0 Å². The maximum atomic E-state index is 12.1. The normalized spacial score (nSPS) is 13.5. The Bertz CT molecular complexity index is 2130. The molecular formula is C33H30O11. The van der Waals surface area contributed by atoms with E-state index in [4.69, 9.17) is 36.6 Å². The molecule has 2 aromatic carbocycles. The van der Waals surface area contributed by atoms with Crippen LogP contribution in [0.25, 0.3) is 43.9 Å². The molecule has 11 heteroatoms. The average molecular weight is 603 g/mol. The first-order chi connectivity index (χ1) is 21.1. The van der Waals surface area contributed by atoms with Gasteiger partial charge in [-0.2, -0.15) is 0 Å². The third kappa shape index (κ3) is 5.20. The maximum Gasteiger partial charge on any atom is 0.336 e. The van der Waals surface area contributed by atoms with Gasteiger partial charge in [0.05, 0.1) is 46.8 Å². The standard InChI is InChI=1S/C33H30O11/c1-17(2)24(15-40-32-30-21(11-13-39-30)28(37-5)20-7-9-27(36)43-31(20)32)44-33(3,4)25(34)16-41-29-18-6-8-26(35)42-23(18)14-22-19(29)10-12-38-22/h6-14,24-25,34H,1,15-16H2,2-5H3/t24?,25-/m1/s1. The lowest BCUT2D eigenvalue weighted by molar-refractivity contribution is -0.140. The molecule has 2 atom stereocenters. The topological polar surface area (TPSA) is 144 Å². The van der Waals surface area contributed by atoms with Crippen LogP contribution < -0.4 is 25.5 Å². The van der Waals surface area contributed by atoms with Crippen LogP contribution in [0.15, 0.2) is 94.4 Å². The fourth-order valence-electron chi connectivity index (χ4n) is 5.04. The van der Waals surface area contributed by atoms with E-state index in [1.54, 1.807) is 51.1 Å². The molecule has 44 heavy (non-hydrogen) atoms. The lowest BCUT2D eigenvalue weighted by atomic mass is 10.0. The molecule has 0 spiro atoms. The summed E-state index contributed by atoms with van der Waals surface area (Å²) in [5.41, 5.74) is -0.303. The van der Waals surface area contributed by atoms with Gasteiger partial charge in [-0.05, 0) is 50.6 Å². The van der Waals surface area contributed by atoms with Gasteiger partial charge in [-0.15, -0.1) is 0 Å². The Morgan fingerprint density at radius 1 is 0.818 bits per heavy atom. The van der Waals surface area contributed by atoms with E-state index in [2.05, 4.69) is 6.58 Å². The highest BCUT2D eigenvalue weighted by molar-refractivity contribution is 6.06. The predicted molar refractivity (Wildman–Crippen MR) is 162 cm³/mol. The van der Waals surface area contributed by atoms with Gasteiger partial charge in [-0.3, -0.25) is 0 Å². The third-order valence-electron chi connectivity index (χ3n) is 7.48. The van der Waals surface area contributed by atoms with Crippen molar-refractivity contribution in [1.82, 2.24) is 0 Å². The fraction of sp³-hybridized carbons (Fsp3) is 0.273. The molecule has 6 rings (SSSR count). The van der Waals surface area contributed by atoms with Crippen LogP contribution in [0.1, 0.15) is 20.8 Å². The molecule has 0 saturated carbocycles. The summed E-state index contributed by atoms with van der Waals surface area (Å²) >= 11 is 0. The number of ether oxygens (including phenoxy) is 4. The summed E-state index contributed by atoms with van der Waals surface area (Å²) in [6.07, 6.45) is 1.19. The summed E-state index contributed by atoms with van der Waals surface area (Å²) in [4.78, 5) is 23.9. The average Bonchev–Trinajstić information content (AvgIpc) is 3.66. The second kappa shape index (κ2) is 11.3. The number of furan rings is 2. The highest BCUT2D eigenvalue weighted by atomic mass is 16.6. The van der Waals surface area contributed by atoms with E-state index < -0.39 is 29.1 Å². The van der Waals surface area contributed by atoms with E-state index in [1.807, 2.05) is 0 Å². The smallest absolute Gasteiger partial charge is 0.336 e.